The van der Waals surface area contributed by atoms with Crippen LogP contribution in [-0.2, 0) is 0 Å². The summed E-state index contributed by atoms with van der Waals surface area (Å²) in [5, 5.41) is 2.67. The second-order valence-corrected chi connectivity index (χ2v) is 3.95. The molecule has 0 heteroatoms. The number of hydrogen-bond acceptors (Lipinski definition) is 0. The van der Waals surface area contributed by atoms with E-state index in [0.717, 1.165) is 0 Å². The van der Waals surface area contributed by atoms with Gasteiger partial charge in [0.2, 0.25) is 0 Å². The summed E-state index contributed by atoms with van der Waals surface area (Å²) in [4.78, 5) is 0. The van der Waals surface area contributed by atoms with Crippen LogP contribution in [0, 0.1) is 6.42 Å². The van der Waals surface area contributed by atoms with Gasteiger partial charge in [-0.25, -0.2) is 0 Å². The summed E-state index contributed by atoms with van der Waals surface area (Å²) in [6, 6.07) is 15.3. The molecule has 0 saturated heterocycles. The Morgan fingerprint density at radius 3 is 2.47 bits per heavy atom. The lowest BCUT2D eigenvalue weighted by atomic mass is 9.92. The Balaban J connectivity index is 2.46. The van der Waals surface area contributed by atoms with Crippen LogP contribution in [-0.4, -0.2) is 0 Å². The molecular formula is C15H17. The summed E-state index contributed by atoms with van der Waals surface area (Å²) in [6.45, 7) is 4.38. The van der Waals surface area contributed by atoms with Crippen LogP contribution in [0.2, 0.25) is 0 Å². The van der Waals surface area contributed by atoms with Crippen LogP contribution in [0.1, 0.15) is 31.7 Å². The molecule has 77 valence electrons. The van der Waals surface area contributed by atoms with Crippen molar-refractivity contribution in [1.82, 2.24) is 0 Å². The highest BCUT2D eigenvalue weighted by Gasteiger charge is 2.06. The first-order valence-corrected chi connectivity index (χ1v) is 5.63. The van der Waals surface area contributed by atoms with Crippen molar-refractivity contribution in [2.24, 2.45) is 0 Å². The van der Waals surface area contributed by atoms with E-state index in [1.54, 1.807) is 0 Å². The number of hydrogen-bond donors (Lipinski definition) is 0. The van der Waals surface area contributed by atoms with E-state index in [1.165, 1.54) is 22.8 Å². The third kappa shape index (κ3) is 2.04. The molecule has 0 amide bonds. The molecular weight excluding hydrogens is 180 g/mol. The normalized spacial score (nSPS) is 11.1. The van der Waals surface area contributed by atoms with E-state index < -0.39 is 0 Å². The summed E-state index contributed by atoms with van der Waals surface area (Å²) in [6.07, 6.45) is 3.46. The van der Waals surface area contributed by atoms with Gasteiger partial charge in [0, 0.05) is 0 Å². The van der Waals surface area contributed by atoms with E-state index in [1.807, 2.05) is 0 Å². The SMILES string of the molecule is C[CH]C(CC)c1ccc2ccccc2c1. The lowest BCUT2D eigenvalue weighted by molar-refractivity contribution is 0.755. The van der Waals surface area contributed by atoms with E-state index in [2.05, 4.69) is 62.7 Å². The third-order valence-corrected chi connectivity index (χ3v) is 3.04. The fraction of sp³-hybridized carbons (Fsp3) is 0.267. The van der Waals surface area contributed by atoms with E-state index in [0.29, 0.717) is 5.92 Å². The Bertz CT molecular complexity index is 438. The Kier molecular flexibility index (Phi) is 3.05. The lowest BCUT2D eigenvalue weighted by Crippen LogP contribution is -1.95. The summed E-state index contributed by atoms with van der Waals surface area (Å²) in [5.74, 6) is 0.592. The van der Waals surface area contributed by atoms with Crippen LogP contribution in [0.3, 0.4) is 0 Å². The molecule has 1 unspecified atom stereocenters. The highest BCUT2D eigenvalue weighted by molar-refractivity contribution is 5.83. The Hall–Kier alpha value is -1.30. The minimum absolute atomic E-state index is 0.592. The molecule has 0 aliphatic rings. The Morgan fingerprint density at radius 2 is 1.80 bits per heavy atom. The maximum absolute atomic E-state index is 2.31. The number of rotatable bonds is 3. The molecule has 0 aromatic heterocycles. The zero-order valence-electron chi connectivity index (χ0n) is 9.40. The van der Waals surface area contributed by atoms with Gasteiger partial charge in [-0.3, -0.25) is 0 Å². The molecule has 0 bridgehead atoms. The zero-order chi connectivity index (χ0) is 10.7. The topological polar surface area (TPSA) is 0 Å². The van der Waals surface area contributed by atoms with E-state index in [9.17, 15) is 0 Å². The second-order valence-electron chi connectivity index (χ2n) is 3.95. The molecule has 2 aromatic carbocycles. The molecule has 0 N–H and O–H groups in total. The zero-order valence-corrected chi connectivity index (χ0v) is 9.40. The van der Waals surface area contributed by atoms with Gasteiger partial charge >= 0.3 is 0 Å². The number of fused-ring (bicyclic) bond motifs is 1. The van der Waals surface area contributed by atoms with Gasteiger partial charge < -0.3 is 0 Å². The van der Waals surface area contributed by atoms with Crippen molar-refractivity contribution in [2.75, 3.05) is 0 Å². The Morgan fingerprint density at radius 1 is 1.07 bits per heavy atom. The standard InChI is InChI=1S/C15H17/c1-3-12(4-2)15-10-9-13-7-5-6-8-14(13)11-15/h3,5-12H,4H2,1-2H3. The third-order valence-electron chi connectivity index (χ3n) is 3.04. The largest absolute Gasteiger partial charge is 0.0648 e. The van der Waals surface area contributed by atoms with E-state index in [-0.39, 0.29) is 0 Å². The van der Waals surface area contributed by atoms with Crippen molar-refractivity contribution in [3.8, 4) is 0 Å². The van der Waals surface area contributed by atoms with Crippen molar-refractivity contribution < 1.29 is 0 Å². The van der Waals surface area contributed by atoms with Crippen molar-refractivity contribution >= 4 is 10.8 Å². The average molecular weight is 197 g/mol. The molecule has 2 aromatic rings. The van der Waals surface area contributed by atoms with Crippen molar-refractivity contribution in [2.45, 2.75) is 26.2 Å². The monoisotopic (exact) mass is 197 g/mol. The first-order chi connectivity index (χ1) is 7.35. The summed E-state index contributed by atoms with van der Waals surface area (Å²) >= 11 is 0. The van der Waals surface area contributed by atoms with Crippen LogP contribution in [0.5, 0.6) is 0 Å². The maximum atomic E-state index is 2.31. The molecule has 0 aliphatic heterocycles. The Labute approximate surface area is 91.9 Å². The van der Waals surface area contributed by atoms with E-state index in [4.69, 9.17) is 0 Å². The molecule has 0 heterocycles. The molecule has 0 aliphatic carbocycles. The van der Waals surface area contributed by atoms with Crippen LogP contribution in [0.15, 0.2) is 42.5 Å². The second kappa shape index (κ2) is 4.48. The van der Waals surface area contributed by atoms with Crippen LogP contribution in [0.4, 0.5) is 0 Å². The lowest BCUT2D eigenvalue weighted by Gasteiger charge is -2.13. The van der Waals surface area contributed by atoms with Gasteiger partial charge in [-0.15, -0.1) is 0 Å². The maximum Gasteiger partial charge on any atom is -0.0136 e. The van der Waals surface area contributed by atoms with Crippen LogP contribution >= 0.6 is 0 Å². The van der Waals surface area contributed by atoms with E-state index >= 15 is 0 Å². The fourth-order valence-corrected chi connectivity index (χ4v) is 2.10. The predicted molar refractivity (Wildman–Crippen MR) is 67.0 cm³/mol. The van der Waals surface area contributed by atoms with Gasteiger partial charge in [0.25, 0.3) is 0 Å². The van der Waals surface area contributed by atoms with Gasteiger partial charge in [-0.2, -0.15) is 0 Å². The van der Waals surface area contributed by atoms with Gasteiger partial charge in [0.05, 0.1) is 0 Å². The van der Waals surface area contributed by atoms with Gasteiger partial charge in [0.15, 0.2) is 0 Å². The van der Waals surface area contributed by atoms with Crippen LogP contribution in [0.25, 0.3) is 10.8 Å². The molecule has 1 atom stereocenters. The van der Waals surface area contributed by atoms with Crippen molar-refractivity contribution in [3.05, 3.63) is 54.4 Å². The molecule has 0 fully saturated rings. The molecule has 1 radical (unpaired) electrons. The van der Waals surface area contributed by atoms with Crippen molar-refractivity contribution in [1.29, 1.82) is 0 Å². The molecule has 0 spiro atoms. The highest BCUT2D eigenvalue weighted by Crippen LogP contribution is 2.25. The summed E-state index contributed by atoms with van der Waals surface area (Å²) < 4.78 is 0. The minimum atomic E-state index is 0.592. The highest BCUT2D eigenvalue weighted by atomic mass is 14.1. The van der Waals surface area contributed by atoms with Gasteiger partial charge in [0.1, 0.15) is 0 Å². The van der Waals surface area contributed by atoms with Gasteiger partial charge in [-0.1, -0.05) is 56.3 Å². The molecule has 2 rings (SSSR count). The predicted octanol–water partition coefficient (Wildman–Crippen LogP) is 4.56. The number of benzene rings is 2. The quantitative estimate of drug-likeness (QED) is 0.676. The van der Waals surface area contributed by atoms with Crippen molar-refractivity contribution in [3.63, 3.8) is 0 Å². The first kappa shape index (κ1) is 10.2. The summed E-state index contributed by atoms with van der Waals surface area (Å²) in [7, 11) is 0. The average Bonchev–Trinajstić information content (AvgIpc) is 2.30. The first-order valence-electron chi connectivity index (χ1n) is 5.63. The molecule has 15 heavy (non-hydrogen) atoms. The molecule has 0 saturated carbocycles. The van der Waals surface area contributed by atoms with Gasteiger partial charge in [-0.05, 0) is 35.1 Å². The smallest absolute Gasteiger partial charge is 0.0136 e. The molecule has 0 nitrogen and oxygen atoms in total. The summed E-state index contributed by atoms with van der Waals surface area (Å²) in [5.41, 5.74) is 1.43. The minimum Gasteiger partial charge on any atom is -0.0648 e. The van der Waals surface area contributed by atoms with Crippen LogP contribution < -0.4 is 0 Å². The fourth-order valence-electron chi connectivity index (χ4n) is 2.10.